The second-order valence-corrected chi connectivity index (χ2v) is 3.60. The first-order chi connectivity index (χ1) is 7.24. The van der Waals surface area contributed by atoms with E-state index in [0.29, 0.717) is 36.8 Å². The summed E-state index contributed by atoms with van der Waals surface area (Å²) >= 11 is 5.84. The summed E-state index contributed by atoms with van der Waals surface area (Å²) in [4.78, 5) is 0. The van der Waals surface area contributed by atoms with E-state index in [4.69, 9.17) is 21.1 Å². The zero-order valence-electron chi connectivity index (χ0n) is 8.27. The average molecular weight is 232 g/mol. The lowest BCUT2D eigenvalue weighted by molar-refractivity contribution is 0.170. The van der Waals surface area contributed by atoms with Crippen LogP contribution in [0.15, 0.2) is 6.07 Å². The molecule has 0 saturated heterocycles. The Balaban J connectivity index is 2.47. The van der Waals surface area contributed by atoms with Crippen molar-refractivity contribution in [1.82, 2.24) is 5.32 Å². The quantitative estimate of drug-likeness (QED) is 0.844. The number of hydrogen-bond donors (Lipinski definition) is 1. The molecule has 0 fully saturated rings. The number of benzene rings is 1. The van der Waals surface area contributed by atoms with Crippen molar-refractivity contribution in [2.75, 3.05) is 20.3 Å². The molecule has 0 aromatic heterocycles. The van der Waals surface area contributed by atoms with E-state index in [1.807, 2.05) is 0 Å². The molecule has 15 heavy (non-hydrogen) atoms. The number of hydrogen-bond acceptors (Lipinski definition) is 3. The Morgan fingerprint density at radius 1 is 1.47 bits per heavy atom. The molecule has 0 spiro atoms. The minimum atomic E-state index is -0.449. The van der Waals surface area contributed by atoms with E-state index in [-0.39, 0.29) is 5.02 Å². The van der Waals surface area contributed by atoms with Crippen LogP contribution in [0.1, 0.15) is 5.56 Å². The van der Waals surface area contributed by atoms with E-state index in [1.165, 1.54) is 0 Å². The van der Waals surface area contributed by atoms with Crippen LogP contribution in [-0.2, 0) is 6.54 Å². The van der Waals surface area contributed by atoms with E-state index in [2.05, 4.69) is 5.32 Å². The van der Waals surface area contributed by atoms with Crippen molar-refractivity contribution in [3.63, 3.8) is 0 Å². The molecule has 82 valence electrons. The van der Waals surface area contributed by atoms with Gasteiger partial charge in [-0.1, -0.05) is 11.6 Å². The van der Waals surface area contributed by atoms with Crippen LogP contribution >= 0.6 is 11.6 Å². The average Bonchev–Trinajstić information content (AvgIpc) is 2.26. The molecule has 0 radical (unpaired) electrons. The number of ether oxygens (including phenoxy) is 2. The van der Waals surface area contributed by atoms with Gasteiger partial charge in [0.25, 0.3) is 0 Å². The molecule has 1 aromatic rings. The zero-order chi connectivity index (χ0) is 10.8. The molecule has 0 amide bonds. The summed E-state index contributed by atoms with van der Waals surface area (Å²) in [6.07, 6.45) is 0. The van der Waals surface area contributed by atoms with Gasteiger partial charge in [-0.05, 0) is 13.1 Å². The van der Waals surface area contributed by atoms with Crippen LogP contribution in [0.4, 0.5) is 4.39 Å². The van der Waals surface area contributed by atoms with Crippen LogP contribution in [0.25, 0.3) is 0 Å². The van der Waals surface area contributed by atoms with Gasteiger partial charge in [-0.3, -0.25) is 0 Å². The van der Waals surface area contributed by atoms with Gasteiger partial charge in [0, 0.05) is 12.1 Å². The molecular formula is C10H11ClFNO2. The Morgan fingerprint density at radius 3 is 2.93 bits per heavy atom. The highest BCUT2D eigenvalue weighted by Gasteiger charge is 2.21. The van der Waals surface area contributed by atoms with E-state index >= 15 is 0 Å². The lowest BCUT2D eigenvalue weighted by Crippen LogP contribution is -2.17. The van der Waals surface area contributed by atoms with E-state index in [0.717, 1.165) is 0 Å². The summed E-state index contributed by atoms with van der Waals surface area (Å²) in [6.45, 7) is 1.27. The Kier molecular flexibility index (Phi) is 2.98. The summed E-state index contributed by atoms with van der Waals surface area (Å²) < 4.78 is 24.3. The second-order valence-electron chi connectivity index (χ2n) is 3.22. The Bertz CT molecular complexity index is 384. The molecule has 1 aromatic carbocycles. The summed E-state index contributed by atoms with van der Waals surface area (Å²) in [5.74, 6) is 0.369. The lowest BCUT2D eigenvalue weighted by atomic mass is 10.1. The maximum absolute atomic E-state index is 13.7. The predicted octanol–water partition coefficient (Wildman–Crippen LogP) is 1.97. The summed E-state index contributed by atoms with van der Waals surface area (Å²) in [5.41, 5.74) is 0.478. The first-order valence-corrected chi connectivity index (χ1v) is 5.03. The van der Waals surface area contributed by atoms with Gasteiger partial charge in [-0.25, -0.2) is 4.39 Å². The highest BCUT2D eigenvalue weighted by Crippen LogP contribution is 2.40. The maximum Gasteiger partial charge on any atom is 0.182 e. The normalized spacial score (nSPS) is 14.1. The number of halogens is 2. The van der Waals surface area contributed by atoms with E-state index < -0.39 is 5.82 Å². The van der Waals surface area contributed by atoms with Crippen LogP contribution in [0, 0.1) is 5.82 Å². The van der Waals surface area contributed by atoms with E-state index in [1.54, 1.807) is 13.1 Å². The number of nitrogens with one attached hydrogen (secondary N) is 1. The van der Waals surface area contributed by atoms with Gasteiger partial charge in [-0.2, -0.15) is 0 Å². The molecule has 0 atom stereocenters. The molecule has 0 bridgehead atoms. The van der Waals surface area contributed by atoms with Crippen molar-refractivity contribution in [2.24, 2.45) is 0 Å². The largest absolute Gasteiger partial charge is 0.486 e. The fourth-order valence-electron chi connectivity index (χ4n) is 1.49. The molecule has 0 aliphatic carbocycles. The smallest absolute Gasteiger partial charge is 0.182 e. The Labute approximate surface area is 92.1 Å². The van der Waals surface area contributed by atoms with Crippen LogP contribution in [0.2, 0.25) is 5.02 Å². The third-order valence-electron chi connectivity index (χ3n) is 2.16. The molecule has 1 aliphatic heterocycles. The van der Waals surface area contributed by atoms with Crippen molar-refractivity contribution in [1.29, 1.82) is 0 Å². The monoisotopic (exact) mass is 231 g/mol. The predicted molar refractivity (Wildman–Crippen MR) is 55.2 cm³/mol. The van der Waals surface area contributed by atoms with Crippen molar-refractivity contribution < 1.29 is 13.9 Å². The van der Waals surface area contributed by atoms with Gasteiger partial charge in [0.05, 0.1) is 0 Å². The van der Waals surface area contributed by atoms with Gasteiger partial charge in [0.1, 0.15) is 24.1 Å². The van der Waals surface area contributed by atoms with Crippen LogP contribution in [-0.4, -0.2) is 20.3 Å². The fourth-order valence-corrected chi connectivity index (χ4v) is 1.76. The van der Waals surface area contributed by atoms with Crippen LogP contribution < -0.4 is 14.8 Å². The topological polar surface area (TPSA) is 30.5 Å². The molecule has 1 aliphatic rings. The molecule has 1 N–H and O–H groups in total. The van der Waals surface area contributed by atoms with Gasteiger partial charge in [-0.15, -0.1) is 0 Å². The van der Waals surface area contributed by atoms with Gasteiger partial charge in [0.15, 0.2) is 11.5 Å². The van der Waals surface area contributed by atoms with Gasteiger partial charge in [0.2, 0.25) is 0 Å². The van der Waals surface area contributed by atoms with Crippen molar-refractivity contribution in [3.05, 3.63) is 22.5 Å². The lowest BCUT2D eigenvalue weighted by Gasteiger charge is -2.20. The first kappa shape index (κ1) is 10.5. The third-order valence-corrected chi connectivity index (χ3v) is 2.50. The first-order valence-electron chi connectivity index (χ1n) is 4.65. The van der Waals surface area contributed by atoms with Crippen molar-refractivity contribution in [3.8, 4) is 11.5 Å². The standard InChI is InChI=1S/C10H11ClFNO2/c1-13-5-6-4-7-10(8(11)9(6)12)15-3-2-14-7/h4,13H,2-3,5H2,1H3. The van der Waals surface area contributed by atoms with Gasteiger partial charge >= 0.3 is 0 Å². The van der Waals surface area contributed by atoms with Crippen molar-refractivity contribution in [2.45, 2.75) is 6.54 Å². The fraction of sp³-hybridized carbons (Fsp3) is 0.400. The molecule has 1 heterocycles. The minimum Gasteiger partial charge on any atom is -0.486 e. The Morgan fingerprint density at radius 2 is 2.20 bits per heavy atom. The van der Waals surface area contributed by atoms with E-state index in [9.17, 15) is 4.39 Å². The highest BCUT2D eigenvalue weighted by molar-refractivity contribution is 6.32. The van der Waals surface area contributed by atoms with Crippen LogP contribution in [0.3, 0.4) is 0 Å². The minimum absolute atomic E-state index is 0.00236. The molecule has 3 nitrogen and oxygen atoms in total. The summed E-state index contributed by atoms with van der Waals surface area (Å²) in [7, 11) is 1.74. The molecular weight excluding hydrogens is 221 g/mol. The number of rotatable bonds is 2. The highest BCUT2D eigenvalue weighted by atomic mass is 35.5. The second kappa shape index (κ2) is 4.24. The molecule has 2 rings (SSSR count). The SMILES string of the molecule is CNCc1cc2c(c(Cl)c1F)OCCO2. The van der Waals surface area contributed by atoms with Gasteiger partial charge < -0.3 is 14.8 Å². The van der Waals surface area contributed by atoms with Crippen LogP contribution in [0.5, 0.6) is 11.5 Å². The molecule has 5 heteroatoms. The number of fused-ring (bicyclic) bond motifs is 1. The molecule has 0 unspecified atom stereocenters. The molecule has 0 saturated carbocycles. The Hall–Kier alpha value is -1.00. The summed E-state index contributed by atoms with van der Waals surface area (Å²) in [6, 6.07) is 1.62. The summed E-state index contributed by atoms with van der Waals surface area (Å²) in [5, 5.41) is 2.86. The van der Waals surface area contributed by atoms with Crippen molar-refractivity contribution >= 4 is 11.6 Å². The third kappa shape index (κ3) is 1.87. The maximum atomic E-state index is 13.7. The zero-order valence-corrected chi connectivity index (χ0v) is 9.03.